The van der Waals surface area contributed by atoms with Gasteiger partial charge in [-0.25, -0.2) is 0 Å². The summed E-state index contributed by atoms with van der Waals surface area (Å²) in [5.74, 6) is 0. The minimum absolute atomic E-state index is 0.0967. The van der Waals surface area contributed by atoms with Crippen molar-refractivity contribution in [1.29, 1.82) is 0 Å². The number of para-hydroxylation sites is 2. The number of rotatable bonds is 6. The lowest BCUT2D eigenvalue weighted by molar-refractivity contribution is 0.318. The fourth-order valence-corrected chi connectivity index (χ4v) is 15.1. The van der Waals surface area contributed by atoms with E-state index in [-0.39, 0.29) is 5.54 Å². The van der Waals surface area contributed by atoms with E-state index in [1.807, 2.05) is 23.1 Å². The second-order valence-corrected chi connectivity index (χ2v) is 21.4. The molecular formula is C64H48N2S2. The molecular weight excluding hydrogens is 861 g/mol. The van der Waals surface area contributed by atoms with Crippen molar-refractivity contribution in [3.05, 3.63) is 235 Å². The molecule has 0 amide bonds. The Balaban J connectivity index is 1.04. The Labute approximate surface area is 406 Å². The second-order valence-electron chi connectivity index (χ2n) is 19.3. The molecule has 1 aliphatic heterocycles. The van der Waals surface area contributed by atoms with Crippen LogP contribution in [-0.2, 0) is 5.41 Å². The van der Waals surface area contributed by atoms with Crippen molar-refractivity contribution in [1.82, 2.24) is 0 Å². The van der Waals surface area contributed by atoms with Gasteiger partial charge in [0, 0.05) is 74.1 Å². The van der Waals surface area contributed by atoms with Crippen LogP contribution in [0.25, 0.3) is 52.8 Å². The van der Waals surface area contributed by atoms with Crippen LogP contribution in [0.2, 0.25) is 0 Å². The Kier molecular flexibility index (Phi) is 9.10. The van der Waals surface area contributed by atoms with Gasteiger partial charge in [-0.2, -0.15) is 0 Å². The molecule has 326 valence electrons. The maximum absolute atomic E-state index is 2.80. The highest BCUT2D eigenvalue weighted by Crippen LogP contribution is 2.63. The smallest absolute Gasteiger partial charge is 0.0735 e. The molecule has 3 aliphatic rings. The minimum atomic E-state index is -0.405. The third-order valence-electron chi connectivity index (χ3n) is 15.5. The van der Waals surface area contributed by atoms with Gasteiger partial charge in [0.15, 0.2) is 0 Å². The Bertz CT molecular complexity index is 3710. The molecule has 1 spiro atoms. The zero-order valence-electron chi connectivity index (χ0n) is 38.0. The van der Waals surface area contributed by atoms with Crippen LogP contribution in [0.5, 0.6) is 0 Å². The highest BCUT2D eigenvalue weighted by molar-refractivity contribution is 7.99. The minimum Gasteiger partial charge on any atom is -0.335 e. The number of benzene rings is 10. The maximum Gasteiger partial charge on any atom is 0.0735 e. The summed E-state index contributed by atoms with van der Waals surface area (Å²) in [6, 6.07) is 80.2. The van der Waals surface area contributed by atoms with E-state index in [9.17, 15) is 0 Å². The van der Waals surface area contributed by atoms with Crippen LogP contribution >= 0.6 is 23.1 Å². The topological polar surface area (TPSA) is 6.48 Å². The molecule has 0 N–H and O–H groups in total. The van der Waals surface area contributed by atoms with E-state index in [0.29, 0.717) is 0 Å². The van der Waals surface area contributed by atoms with Gasteiger partial charge in [0.1, 0.15) is 0 Å². The normalized spacial score (nSPS) is 15.3. The number of nitrogens with zero attached hydrogens (tertiary/aromatic N) is 2. The van der Waals surface area contributed by atoms with Crippen LogP contribution in [0.4, 0.5) is 28.4 Å². The number of fused-ring (bicyclic) bond motifs is 16. The molecule has 14 rings (SSSR count). The molecule has 10 aromatic carbocycles. The van der Waals surface area contributed by atoms with E-state index in [1.54, 1.807) is 0 Å². The quantitative estimate of drug-likeness (QED) is 0.164. The predicted molar refractivity (Wildman–Crippen MR) is 291 cm³/mol. The average molecular weight is 909 g/mol. The number of hydrogen-bond acceptors (Lipinski definition) is 4. The van der Waals surface area contributed by atoms with Gasteiger partial charge in [-0.05, 0) is 114 Å². The standard InChI is InChI=1S/C64H48N2S2/c1-63(37-19-4-20-38-63)66(44-35-36-54-50(39-44)45-25-13-14-30-53(45)64(54)55-31-15-17-33-59(55)67-60-34-18-16-32-56(60)64)58-41-52-51-40-57(65(42-21-5-2-6-22-42)43-23-7-3-8-24-43)46-26-9-11-28-48(46)61(51)68-62(52)49-29-12-10-27-47(49)58/h2-3,5-18,21-36,39-41H,4,19-20,37-38H2,1H3. The van der Waals surface area contributed by atoms with E-state index in [0.717, 1.165) is 24.2 Å². The summed E-state index contributed by atoms with van der Waals surface area (Å²) < 4.78 is 2.68. The molecule has 2 aliphatic carbocycles. The van der Waals surface area contributed by atoms with E-state index < -0.39 is 5.41 Å². The summed E-state index contributed by atoms with van der Waals surface area (Å²) in [7, 11) is 0. The molecule has 0 atom stereocenters. The lowest BCUT2D eigenvalue weighted by Gasteiger charge is -2.46. The lowest BCUT2D eigenvalue weighted by atomic mass is 9.67. The number of thiophene rings is 1. The molecule has 1 fully saturated rings. The van der Waals surface area contributed by atoms with Crippen LogP contribution in [-0.4, -0.2) is 5.54 Å². The molecule has 1 saturated carbocycles. The van der Waals surface area contributed by atoms with Crippen LogP contribution in [0.15, 0.2) is 222 Å². The van der Waals surface area contributed by atoms with Crippen molar-refractivity contribution in [3.63, 3.8) is 0 Å². The molecule has 0 saturated heterocycles. The average Bonchev–Trinajstić information content (AvgIpc) is 3.91. The third kappa shape index (κ3) is 5.77. The van der Waals surface area contributed by atoms with Crippen molar-refractivity contribution in [2.75, 3.05) is 9.80 Å². The Morgan fingerprint density at radius 2 is 0.868 bits per heavy atom. The summed E-state index contributed by atoms with van der Waals surface area (Å²) in [5, 5.41) is 7.77. The first-order valence-electron chi connectivity index (χ1n) is 24.2. The van der Waals surface area contributed by atoms with Crippen molar-refractivity contribution in [2.24, 2.45) is 0 Å². The third-order valence-corrected chi connectivity index (χ3v) is 18.0. The van der Waals surface area contributed by atoms with Gasteiger partial charge in [-0.1, -0.05) is 183 Å². The number of hydrogen-bond donors (Lipinski definition) is 0. The first kappa shape index (κ1) is 40.0. The van der Waals surface area contributed by atoms with Gasteiger partial charge in [-0.15, -0.1) is 11.3 Å². The van der Waals surface area contributed by atoms with Gasteiger partial charge in [0.25, 0.3) is 0 Å². The van der Waals surface area contributed by atoms with E-state index >= 15 is 0 Å². The predicted octanol–water partition coefficient (Wildman–Crippen LogP) is 18.5. The van der Waals surface area contributed by atoms with Crippen molar-refractivity contribution in [2.45, 2.75) is 59.8 Å². The molecule has 2 nitrogen and oxygen atoms in total. The largest absolute Gasteiger partial charge is 0.335 e. The van der Waals surface area contributed by atoms with Crippen LogP contribution in [0.1, 0.15) is 61.3 Å². The van der Waals surface area contributed by atoms with Gasteiger partial charge < -0.3 is 9.80 Å². The SMILES string of the molecule is CC1(N(c2ccc3c(c2)-c2ccccc2C32c3ccccc3Sc3ccccc32)c2cc3c4cc(N(c5ccccc5)c5ccccc5)c5ccccc5c4sc3c3ccccc23)CCCCC1. The molecule has 68 heavy (non-hydrogen) atoms. The zero-order valence-corrected chi connectivity index (χ0v) is 39.6. The molecule has 4 heteroatoms. The van der Waals surface area contributed by atoms with Gasteiger partial charge in [0.2, 0.25) is 0 Å². The monoisotopic (exact) mass is 908 g/mol. The molecule has 11 aromatic rings. The molecule has 0 bridgehead atoms. The first-order valence-corrected chi connectivity index (χ1v) is 25.8. The summed E-state index contributed by atoms with van der Waals surface area (Å²) in [5.41, 5.74) is 13.7. The van der Waals surface area contributed by atoms with E-state index in [4.69, 9.17) is 0 Å². The Morgan fingerprint density at radius 3 is 1.49 bits per heavy atom. The lowest BCUT2D eigenvalue weighted by Crippen LogP contribution is -2.45. The molecule has 0 radical (unpaired) electrons. The number of anilines is 5. The van der Waals surface area contributed by atoms with Crippen molar-refractivity contribution in [3.8, 4) is 11.1 Å². The fourth-order valence-electron chi connectivity index (χ4n) is 12.6. The van der Waals surface area contributed by atoms with E-state index in [2.05, 4.69) is 229 Å². The van der Waals surface area contributed by atoms with Crippen LogP contribution in [0, 0.1) is 0 Å². The fraction of sp³-hybridized carbons (Fsp3) is 0.125. The maximum atomic E-state index is 2.80. The van der Waals surface area contributed by atoms with Gasteiger partial charge in [-0.3, -0.25) is 0 Å². The second kappa shape index (κ2) is 15.5. The zero-order chi connectivity index (χ0) is 45.0. The summed E-state index contributed by atoms with van der Waals surface area (Å²) >= 11 is 3.86. The van der Waals surface area contributed by atoms with E-state index in [1.165, 1.54) is 121 Å². The van der Waals surface area contributed by atoms with Crippen LogP contribution < -0.4 is 9.80 Å². The molecule has 2 heterocycles. The highest BCUT2D eigenvalue weighted by atomic mass is 32.2. The Hall–Kier alpha value is -7.11. The van der Waals surface area contributed by atoms with Crippen molar-refractivity contribution >= 4 is 93.3 Å². The molecule has 1 aromatic heterocycles. The van der Waals surface area contributed by atoms with Crippen LogP contribution in [0.3, 0.4) is 0 Å². The van der Waals surface area contributed by atoms with Gasteiger partial charge in [0.05, 0.1) is 16.8 Å². The summed E-state index contributed by atoms with van der Waals surface area (Å²) in [6.45, 7) is 2.55. The first-order chi connectivity index (χ1) is 33.6. The molecule has 0 unspecified atom stereocenters. The van der Waals surface area contributed by atoms with Crippen molar-refractivity contribution < 1.29 is 0 Å². The van der Waals surface area contributed by atoms with Gasteiger partial charge >= 0.3 is 0 Å². The Morgan fingerprint density at radius 1 is 0.382 bits per heavy atom. The summed E-state index contributed by atoms with van der Waals surface area (Å²) in [6.07, 6.45) is 6.00. The summed E-state index contributed by atoms with van der Waals surface area (Å²) in [4.78, 5) is 7.92. The highest BCUT2D eigenvalue weighted by Gasteiger charge is 2.50.